The Labute approximate surface area is 129 Å². The quantitative estimate of drug-likeness (QED) is 0.937. The van der Waals surface area contributed by atoms with Gasteiger partial charge in [-0.05, 0) is 42.3 Å². The van der Waals surface area contributed by atoms with Gasteiger partial charge in [0.05, 0.1) is 13.2 Å². The van der Waals surface area contributed by atoms with Crippen molar-refractivity contribution in [1.82, 2.24) is 0 Å². The first-order chi connectivity index (χ1) is 10.3. The van der Waals surface area contributed by atoms with Crippen LogP contribution in [-0.2, 0) is 6.54 Å². The van der Waals surface area contributed by atoms with E-state index >= 15 is 0 Å². The van der Waals surface area contributed by atoms with Crippen LogP contribution in [0, 0.1) is 6.92 Å². The van der Waals surface area contributed by atoms with E-state index in [1.165, 1.54) is 10.5 Å². The lowest BCUT2D eigenvalue weighted by atomic mass is 10.1. The van der Waals surface area contributed by atoms with E-state index in [0.717, 1.165) is 28.4 Å². The first-order valence-electron chi connectivity index (χ1n) is 7.13. The summed E-state index contributed by atoms with van der Waals surface area (Å²) >= 11 is 1.72. The minimum absolute atomic E-state index is 0.549. The van der Waals surface area contributed by atoms with Crippen LogP contribution in [0.4, 0.5) is 0 Å². The second kappa shape index (κ2) is 6.41. The second-order valence-electron chi connectivity index (χ2n) is 5.08. The average Bonchev–Trinajstić information content (AvgIpc) is 2.72. The second-order valence-corrected chi connectivity index (χ2v) is 6.19. The highest BCUT2D eigenvalue weighted by molar-refractivity contribution is 7.99. The molecule has 0 atom stereocenters. The summed E-state index contributed by atoms with van der Waals surface area (Å²) in [7, 11) is 0. The molecule has 0 saturated carbocycles. The predicted molar refractivity (Wildman–Crippen MR) is 85.2 cm³/mol. The average molecular weight is 301 g/mol. The predicted octanol–water partition coefficient (Wildman–Crippen LogP) is 3.77. The fraction of sp³-hybridized carbons (Fsp3) is 0.294. The molecule has 110 valence electrons. The fourth-order valence-electron chi connectivity index (χ4n) is 2.26. The minimum atomic E-state index is 0.549. The molecule has 0 aliphatic carbocycles. The normalized spacial score (nSPS) is 13.8. The zero-order valence-corrected chi connectivity index (χ0v) is 12.9. The van der Waals surface area contributed by atoms with Crippen LogP contribution in [0.25, 0.3) is 0 Å². The van der Waals surface area contributed by atoms with Crippen LogP contribution in [0.1, 0.15) is 17.5 Å². The molecule has 3 rings (SSSR count). The summed E-state index contributed by atoms with van der Waals surface area (Å²) in [6, 6.07) is 12.5. The molecule has 21 heavy (non-hydrogen) atoms. The maximum absolute atomic E-state index is 5.83. The first kappa shape index (κ1) is 14.3. The van der Waals surface area contributed by atoms with E-state index in [4.69, 9.17) is 15.2 Å². The molecule has 1 aliphatic rings. The summed E-state index contributed by atoms with van der Waals surface area (Å²) in [6.07, 6.45) is 0.923. The SMILES string of the molecule is Cc1ccc(CN)c(Sc2ccc3c(c2)OCCCO3)c1. The Morgan fingerprint density at radius 1 is 1.05 bits per heavy atom. The van der Waals surface area contributed by atoms with Crippen LogP contribution in [0.3, 0.4) is 0 Å². The van der Waals surface area contributed by atoms with Gasteiger partial charge in [0.2, 0.25) is 0 Å². The number of fused-ring (bicyclic) bond motifs is 1. The number of aryl methyl sites for hydroxylation is 1. The van der Waals surface area contributed by atoms with Gasteiger partial charge < -0.3 is 15.2 Å². The molecule has 2 aromatic rings. The van der Waals surface area contributed by atoms with Crippen molar-refractivity contribution >= 4 is 11.8 Å². The van der Waals surface area contributed by atoms with E-state index in [9.17, 15) is 0 Å². The summed E-state index contributed by atoms with van der Waals surface area (Å²) in [5, 5.41) is 0. The molecular formula is C17H19NO2S. The molecule has 0 aromatic heterocycles. The number of rotatable bonds is 3. The Bertz CT molecular complexity index is 643. The van der Waals surface area contributed by atoms with Gasteiger partial charge in [0.25, 0.3) is 0 Å². The molecule has 0 amide bonds. The lowest BCUT2D eigenvalue weighted by Crippen LogP contribution is -1.98. The molecule has 0 unspecified atom stereocenters. The van der Waals surface area contributed by atoms with Crippen molar-refractivity contribution in [3.8, 4) is 11.5 Å². The van der Waals surface area contributed by atoms with Crippen LogP contribution in [0.2, 0.25) is 0 Å². The molecule has 2 aromatic carbocycles. The molecule has 1 aliphatic heterocycles. The molecule has 2 N–H and O–H groups in total. The minimum Gasteiger partial charge on any atom is -0.490 e. The molecular weight excluding hydrogens is 282 g/mol. The van der Waals surface area contributed by atoms with E-state index in [1.54, 1.807) is 11.8 Å². The van der Waals surface area contributed by atoms with Gasteiger partial charge in [0.15, 0.2) is 11.5 Å². The summed E-state index contributed by atoms with van der Waals surface area (Å²) < 4.78 is 11.4. The van der Waals surface area contributed by atoms with Gasteiger partial charge >= 0.3 is 0 Å². The Balaban J connectivity index is 1.88. The van der Waals surface area contributed by atoms with E-state index in [0.29, 0.717) is 19.8 Å². The highest BCUT2D eigenvalue weighted by Crippen LogP contribution is 2.37. The Hall–Kier alpha value is -1.65. The monoisotopic (exact) mass is 301 g/mol. The summed E-state index contributed by atoms with van der Waals surface area (Å²) in [5.74, 6) is 1.67. The lowest BCUT2D eigenvalue weighted by molar-refractivity contribution is 0.297. The third-order valence-electron chi connectivity index (χ3n) is 3.39. The van der Waals surface area contributed by atoms with E-state index in [-0.39, 0.29) is 0 Å². The lowest BCUT2D eigenvalue weighted by Gasteiger charge is -2.11. The third-order valence-corrected chi connectivity index (χ3v) is 4.48. The van der Waals surface area contributed by atoms with Crippen molar-refractivity contribution in [3.05, 3.63) is 47.5 Å². The number of hydrogen-bond acceptors (Lipinski definition) is 4. The van der Waals surface area contributed by atoms with Crippen LogP contribution >= 0.6 is 11.8 Å². The van der Waals surface area contributed by atoms with Crippen molar-refractivity contribution in [3.63, 3.8) is 0 Å². The highest BCUT2D eigenvalue weighted by Gasteiger charge is 2.12. The van der Waals surface area contributed by atoms with Gasteiger partial charge in [-0.2, -0.15) is 0 Å². The molecule has 3 nitrogen and oxygen atoms in total. The Kier molecular flexibility index (Phi) is 4.36. The van der Waals surface area contributed by atoms with E-state index in [1.807, 2.05) is 12.1 Å². The fourth-order valence-corrected chi connectivity index (χ4v) is 3.34. The molecule has 0 saturated heterocycles. The number of hydrogen-bond donors (Lipinski definition) is 1. The van der Waals surface area contributed by atoms with E-state index < -0.39 is 0 Å². The van der Waals surface area contributed by atoms with Gasteiger partial charge in [0, 0.05) is 22.8 Å². The maximum Gasteiger partial charge on any atom is 0.162 e. The zero-order chi connectivity index (χ0) is 14.7. The van der Waals surface area contributed by atoms with Crippen molar-refractivity contribution in [2.45, 2.75) is 29.7 Å². The maximum atomic E-state index is 5.83. The Morgan fingerprint density at radius 3 is 2.67 bits per heavy atom. The summed E-state index contributed by atoms with van der Waals surface area (Å²) in [6.45, 7) is 4.07. The van der Waals surface area contributed by atoms with Gasteiger partial charge in [-0.15, -0.1) is 0 Å². The number of benzene rings is 2. The highest BCUT2D eigenvalue weighted by atomic mass is 32.2. The molecule has 4 heteroatoms. The van der Waals surface area contributed by atoms with Crippen molar-refractivity contribution in [2.75, 3.05) is 13.2 Å². The van der Waals surface area contributed by atoms with Crippen LogP contribution in [-0.4, -0.2) is 13.2 Å². The largest absolute Gasteiger partial charge is 0.490 e. The van der Waals surface area contributed by atoms with Gasteiger partial charge in [0.1, 0.15) is 0 Å². The summed E-state index contributed by atoms with van der Waals surface area (Å²) in [4.78, 5) is 2.34. The standard InChI is InChI=1S/C17H19NO2S/c1-12-3-4-13(11-18)17(9-12)21-14-5-6-15-16(10-14)20-8-2-7-19-15/h3-6,9-10H,2,7-8,11,18H2,1H3. The van der Waals surface area contributed by atoms with E-state index in [2.05, 4.69) is 31.2 Å². The van der Waals surface area contributed by atoms with Gasteiger partial charge in [-0.25, -0.2) is 0 Å². The van der Waals surface area contributed by atoms with Crippen LogP contribution in [0.5, 0.6) is 11.5 Å². The van der Waals surface area contributed by atoms with Crippen molar-refractivity contribution in [2.24, 2.45) is 5.73 Å². The molecule has 0 fully saturated rings. The smallest absolute Gasteiger partial charge is 0.162 e. The molecule has 0 spiro atoms. The topological polar surface area (TPSA) is 44.5 Å². The number of ether oxygens (including phenoxy) is 2. The van der Waals surface area contributed by atoms with Crippen molar-refractivity contribution < 1.29 is 9.47 Å². The molecule has 1 heterocycles. The summed E-state index contributed by atoms with van der Waals surface area (Å²) in [5.41, 5.74) is 8.23. The zero-order valence-electron chi connectivity index (χ0n) is 12.1. The van der Waals surface area contributed by atoms with Crippen LogP contribution < -0.4 is 15.2 Å². The van der Waals surface area contributed by atoms with Crippen molar-refractivity contribution in [1.29, 1.82) is 0 Å². The van der Waals surface area contributed by atoms with Gasteiger partial charge in [-0.3, -0.25) is 0 Å². The van der Waals surface area contributed by atoms with Gasteiger partial charge in [-0.1, -0.05) is 23.9 Å². The number of nitrogens with two attached hydrogens (primary N) is 1. The Morgan fingerprint density at radius 2 is 1.86 bits per heavy atom. The molecule has 0 bridgehead atoms. The molecule has 0 radical (unpaired) electrons. The van der Waals surface area contributed by atoms with Crippen LogP contribution in [0.15, 0.2) is 46.2 Å². The first-order valence-corrected chi connectivity index (χ1v) is 7.95. The third kappa shape index (κ3) is 3.34.